The largest absolute Gasteiger partial charge is 0.383 e. The van der Waals surface area contributed by atoms with Gasteiger partial charge in [-0.15, -0.1) is 0 Å². The van der Waals surface area contributed by atoms with E-state index in [1.165, 1.54) is 0 Å². The third-order valence-electron chi connectivity index (χ3n) is 4.25. The average Bonchev–Trinajstić information content (AvgIpc) is 3.13. The Morgan fingerprint density at radius 1 is 1.44 bits per heavy atom. The molecule has 1 aliphatic carbocycles. The van der Waals surface area contributed by atoms with Crippen molar-refractivity contribution >= 4 is 28.6 Å². The molecular weight excluding hydrogens is 334 g/mol. The number of nitrogens with one attached hydrogen (secondary N) is 2. The van der Waals surface area contributed by atoms with E-state index in [-0.39, 0.29) is 41.2 Å². The average molecular weight is 348 g/mol. The van der Waals surface area contributed by atoms with Crippen molar-refractivity contribution in [2.24, 2.45) is 0 Å². The highest BCUT2D eigenvalue weighted by atomic mass is 19.3. The van der Waals surface area contributed by atoms with E-state index >= 15 is 0 Å². The van der Waals surface area contributed by atoms with Crippen LogP contribution in [-0.4, -0.2) is 42.3 Å². The van der Waals surface area contributed by atoms with Gasteiger partial charge in [0.1, 0.15) is 17.7 Å². The van der Waals surface area contributed by atoms with Gasteiger partial charge in [-0.3, -0.25) is 9.89 Å². The number of nitrogens with two attached hydrogens (primary N) is 1. The highest BCUT2D eigenvalue weighted by molar-refractivity contribution is 6.12. The molecule has 4 rings (SSSR count). The molecule has 0 radical (unpaired) electrons. The maximum atomic E-state index is 13.5. The maximum absolute atomic E-state index is 13.5. The van der Waals surface area contributed by atoms with Gasteiger partial charge in [0, 0.05) is 11.8 Å². The molecule has 11 heteroatoms. The minimum Gasteiger partial charge on any atom is -0.383 e. The smallest absolute Gasteiger partial charge is 0.278 e. The highest BCUT2D eigenvalue weighted by Gasteiger charge is 2.55. The molecule has 0 saturated heterocycles. The lowest BCUT2D eigenvalue weighted by atomic mass is 10.2. The number of H-pyrrole nitrogens is 1. The van der Waals surface area contributed by atoms with Crippen molar-refractivity contribution in [3.63, 3.8) is 0 Å². The minimum atomic E-state index is -2.63. The molecule has 1 fully saturated rings. The summed E-state index contributed by atoms with van der Waals surface area (Å²) < 4.78 is 28.1. The zero-order chi connectivity index (χ0) is 17.8. The molecule has 0 spiro atoms. The van der Waals surface area contributed by atoms with Crippen LogP contribution in [0.1, 0.15) is 29.0 Å². The Kier molecular flexibility index (Phi) is 3.20. The SMILES string of the molecule is Cc1cc(NC(=O)c2nn(C3(C(F)F)CC3)c3ncnc(N)c23)n[nH]1. The van der Waals surface area contributed by atoms with E-state index in [9.17, 15) is 13.6 Å². The first kappa shape index (κ1) is 15.4. The van der Waals surface area contributed by atoms with E-state index in [0.717, 1.165) is 16.7 Å². The number of carbonyl (C=O) groups is 1. The molecule has 4 N–H and O–H groups in total. The van der Waals surface area contributed by atoms with E-state index in [4.69, 9.17) is 5.73 Å². The number of halogens is 2. The predicted octanol–water partition coefficient (Wildman–Crippen LogP) is 1.45. The number of nitrogen functional groups attached to an aromatic ring is 1. The number of rotatable bonds is 4. The van der Waals surface area contributed by atoms with Crippen molar-refractivity contribution in [2.75, 3.05) is 11.1 Å². The molecule has 25 heavy (non-hydrogen) atoms. The van der Waals surface area contributed by atoms with Crippen LogP contribution in [0.2, 0.25) is 0 Å². The molecule has 1 saturated carbocycles. The number of nitrogens with zero attached hydrogens (tertiary/aromatic N) is 5. The molecular formula is C14H14F2N8O. The van der Waals surface area contributed by atoms with E-state index in [1.54, 1.807) is 13.0 Å². The fraction of sp³-hybridized carbons (Fsp3) is 0.357. The Hall–Kier alpha value is -3.11. The van der Waals surface area contributed by atoms with Crippen LogP contribution >= 0.6 is 0 Å². The van der Waals surface area contributed by atoms with Crippen LogP contribution < -0.4 is 11.1 Å². The molecule has 0 aliphatic heterocycles. The van der Waals surface area contributed by atoms with Gasteiger partial charge in [0.2, 0.25) is 0 Å². The van der Waals surface area contributed by atoms with Crippen molar-refractivity contribution in [3.8, 4) is 0 Å². The summed E-state index contributed by atoms with van der Waals surface area (Å²) in [6.07, 6.45) is -0.955. The Morgan fingerprint density at radius 2 is 2.20 bits per heavy atom. The van der Waals surface area contributed by atoms with E-state index in [1.807, 2.05) is 0 Å². The number of alkyl halides is 2. The normalized spacial score (nSPS) is 15.7. The summed E-state index contributed by atoms with van der Waals surface area (Å²) in [5, 5.41) is 13.4. The summed E-state index contributed by atoms with van der Waals surface area (Å²) in [6.45, 7) is 1.78. The van der Waals surface area contributed by atoms with Gasteiger partial charge in [0.15, 0.2) is 17.2 Å². The Bertz CT molecular complexity index is 975. The predicted molar refractivity (Wildman–Crippen MR) is 84.2 cm³/mol. The van der Waals surface area contributed by atoms with Crippen LogP contribution in [0.3, 0.4) is 0 Å². The summed E-state index contributed by atoms with van der Waals surface area (Å²) in [5.74, 6) is -0.331. The fourth-order valence-electron chi connectivity index (χ4n) is 2.75. The van der Waals surface area contributed by atoms with Crippen molar-refractivity contribution in [2.45, 2.75) is 31.7 Å². The zero-order valence-corrected chi connectivity index (χ0v) is 13.1. The van der Waals surface area contributed by atoms with Gasteiger partial charge in [-0.1, -0.05) is 0 Å². The number of anilines is 2. The molecule has 3 aromatic heterocycles. The van der Waals surface area contributed by atoms with Gasteiger partial charge < -0.3 is 11.1 Å². The summed E-state index contributed by atoms with van der Waals surface area (Å²) >= 11 is 0. The number of aromatic nitrogens is 6. The summed E-state index contributed by atoms with van der Waals surface area (Å²) in [4.78, 5) is 20.4. The molecule has 3 heterocycles. The molecule has 1 amide bonds. The van der Waals surface area contributed by atoms with Gasteiger partial charge in [0.05, 0.1) is 5.39 Å². The quantitative estimate of drug-likeness (QED) is 0.655. The van der Waals surface area contributed by atoms with Crippen LogP contribution in [0.5, 0.6) is 0 Å². The lowest BCUT2D eigenvalue weighted by Crippen LogP contribution is -2.27. The summed E-state index contributed by atoms with van der Waals surface area (Å²) in [7, 11) is 0. The first-order valence-electron chi connectivity index (χ1n) is 7.53. The fourth-order valence-corrected chi connectivity index (χ4v) is 2.75. The number of aromatic amines is 1. The Labute approximate surface area is 139 Å². The van der Waals surface area contributed by atoms with Crippen molar-refractivity contribution < 1.29 is 13.6 Å². The number of hydrogen-bond acceptors (Lipinski definition) is 6. The number of fused-ring (bicyclic) bond motifs is 1. The lowest BCUT2D eigenvalue weighted by Gasteiger charge is -2.15. The van der Waals surface area contributed by atoms with Crippen molar-refractivity contribution in [1.29, 1.82) is 0 Å². The van der Waals surface area contributed by atoms with Gasteiger partial charge in [-0.2, -0.15) is 10.2 Å². The van der Waals surface area contributed by atoms with Crippen LogP contribution in [0.15, 0.2) is 12.4 Å². The number of hydrogen-bond donors (Lipinski definition) is 3. The molecule has 0 atom stereocenters. The first-order chi connectivity index (χ1) is 11.9. The standard InChI is InChI=1S/C14H14F2N8O/c1-6-4-7(22-21-6)20-12(25)9-8-10(17)18-5-19-11(8)24(23-9)14(2-3-14)13(15)16/h4-5,13H,2-3H2,1H3,(H2,17,18,19)(H2,20,21,22,25). The van der Waals surface area contributed by atoms with Gasteiger partial charge in [0.25, 0.3) is 12.3 Å². The molecule has 3 aromatic rings. The van der Waals surface area contributed by atoms with Crippen molar-refractivity contribution in [3.05, 3.63) is 23.8 Å². The minimum absolute atomic E-state index is 0.00433. The summed E-state index contributed by atoms with van der Waals surface area (Å²) in [6, 6.07) is 1.62. The third kappa shape index (κ3) is 2.30. The molecule has 1 aliphatic rings. The third-order valence-corrected chi connectivity index (χ3v) is 4.25. The van der Waals surface area contributed by atoms with Crippen LogP contribution in [0.4, 0.5) is 20.4 Å². The summed E-state index contributed by atoms with van der Waals surface area (Å²) in [5.41, 5.74) is 5.17. The molecule has 0 bridgehead atoms. The van der Waals surface area contributed by atoms with E-state index < -0.39 is 17.9 Å². The van der Waals surface area contributed by atoms with E-state index in [0.29, 0.717) is 0 Å². The zero-order valence-electron chi connectivity index (χ0n) is 13.1. The topological polar surface area (TPSA) is 127 Å². The van der Waals surface area contributed by atoms with Crippen molar-refractivity contribution in [1.82, 2.24) is 29.9 Å². The molecule has 130 valence electrons. The van der Waals surface area contributed by atoms with Crippen LogP contribution in [-0.2, 0) is 5.54 Å². The number of amides is 1. The molecule has 0 unspecified atom stereocenters. The Morgan fingerprint density at radius 3 is 2.80 bits per heavy atom. The maximum Gasteiger partial charge on any atom is 0.278 e. The monoisotopic (exact) mass is 348 g/mol. The van der Waals surface area contributed by atoms with Crippen LogP contribution in [0.25, 0.3) is 11.0 Å². The van der Waals surface area contributed by atoms with E-state index in [2.05, 4.69) is 30.6 Å². The van der Waals surface area contributed by atoms with Gasteiger partial charge in [-0.05, 0) is 19.8 Å². The molecule has 0 aromatic carbocycles. The first-order valence-corrected chi connectivity index (χ1v) is 7.53. The second-order valence-corrected chi connectivity index (χ2v) is 6.01. The number of carbonyl (C=O) groups excluding carboxylic acids is 1. The Balaban J connectivity index is 1.82. The second-order valence-electron chi connectivity index (χ2n) is 6.01. The lowest BCUT2D eigenvalue weighted by molar-refractivity contribution is 0.0620. The van der Waals surface area contributed by atoms with Gasteiger partial charge >= 0.3 is 0 Å². The highest BCUT2D eigenvalue weighted by Crippen LogP contribution is 2.49. The second kappa shape index (κ2) is 5.19. The number of aryl methyl sites for hydroxylation is 1. The molecule has 9 nitrogen and oxygen atoms in total. The van der Waals surface area contributed by atoms with Crippen LogP contribution in [0, 0.1) is 6.92 Å². The van der Waals surface area contributed by atoms with Gasteiger partial charge in [-0.25, -0.2) is 23.4 Å².